The van der Waals surface area contributed by atoms with Gasteiger partial charge in [0, 0.05) is 17.6 Å². The molecule has 1 N–H and O–H groups in total. The van der Waals surface area contributed by atoms with E-state index in [-0.39, 0.29) is 11.4 Å². The maximum Gasteiger partial charge on any atom is 0.336 e. The molecule has 3 aliphatic rings. The van der Waals surface area contributed by atoms with Crippen LogP contribution in [0.15, 0.2) is 11.1 Å². The van der Waals surface area contributed by atoms with Gasteiger partial charge < -0.3 is 9.84 Å². The van der Waals surface area contributed by atoms with Gasteiger partial charge in [0.1, 0.15) is 0 Å². The first-order chi connectivity index (χ1) is 8.37. The van der Waals surface area contributed by atoms with E-state index >= 15 is 0 Å². The van der Waals surface area contributed by atoms with Crippen LogP contribution in [0.5, 0.6) is 0 Å². The molecule has 0 bridgehead atoms. The summed E-state index contributed by atoms with van der Waals surface area (Å²) in [5.74, 6) is -0.504. The smallest absolute Gasteiger partial charge is 0.336 e. The van der Waals surface area contributed by atoms with E-state index in [4.69, 9.17) is 4.74 Å². The highest BCUT2D eigenvalue weighted by Crippen LogP contribution is 2.59. The van der Waals surface area contributed by atoms with Crippen LogP contribution in [-0.2, 0) is 9.53 Å². The third kappa shape index (κ3) is 1.43. The SMILES string of the molecule is CC1=C2CC3(C)C(C)CCCC3CC2(O)OC1=O. The maximum absolute atomic E-state index is 11.7. The zero-order valence-electron chi connectivity index (χ0n) is 11.5. The van der Waals surface area contributed by atoms with E-state index in [1.54, 1.807) is 6.92 Å². The summed E-state index contributed by atoms with van der Waals surface area (Å²) in [4.78, 5) is 11.7. The van der Waals surface area contributed by atoms with E-state index in [9.17, 15) is 9.90 Å². The number of hydrogen-bond donors (Lipinski definition) is 1. The Hall–Kier alpha value is -0.830. The molecule has 0 radical (unpaired) electrons. The third-order valence-corrected chi connectivity index (χ3v) is 5.82. The summed E-state index contributed by atoms with van der Waals surface area (Å²) >= 11 is 0. The number of hydrogen-bond acceptors (Lipinski definition) is 3. The Kier molecular flexibility index (Phi) is 2.44. The molecule has 0 spiro atoms. The van der Waals surface area contributed by atoms with Crippen molar-refractivity contribution in [1.82, 2.24) is 0 Å². The first-order valence-corrected chi connectivity index (χ1v) is 7.03. The molecule has 3 nitrogen and oxygen atoms in total. The molecule has 1 heterocycles. The van der Waals surface area contributed by atoms with E-state index in [0.29, 0.717) is 23.8 Å². The lowest BCUT2D eigenvalue weighted by Crippen LogP contribution is -2.50. The molecule has 0 saturated heterocycles. The second-order valence-corrected chi connectivity index (χ2v) is 6.69. The Morgan fingerprint density at radius 3 is 2.83 bits per heavy atom. The van der Waals surface area contributed by atoms with E-state index in [1.165, 1.54) is 12.8 Å². The van der Waals surface area contributed by atoms with Gasteiger partial charge in [-0.1, -0.05) is 26.7 Å². The first-order valence-electron chi connectivity index (χ1n) is 7.03. The Morgan fingerprint density at radius 1 is 1.39 bits per heavy atom. The van der Waals surface area contributed by atoms with Crippen molar-refractivity contribution >= 4 is 5.97 Å². The minimum atomic E-state index is -1.29. The quantitative estimate of drug-likeness (QED) is 0.672. The number of rotatable bonds is 0. The third-order valence-electron chi connectivity index (χ3n) is 5.82. The van der Waals surface area contributed by atoms with Crippen molar-refractivity contribution in [2.75, 3.05) is 0 Å². The fourth-order valence-electron chi connectivity index (χ4n) is 4.24. The number of esters is 1. The van der Waals surface area contributed by atoms with Crippen molar-refractivity contribution in [1.29, 1.82) is 0 Å². The van der Waals surface area contributed by atoms with Crippen LogP contribution < -0.4 is 0 Å². The molecule has 2 saturated carbocycles. The van der Waals surface area contributed by atoms with Gasteiger partial charge in [0.15, 0.2) is 0 Å². The average molecular weight is 250 g/mol. The molecule has 1 aliphatic heterocycles. The topological polar surface area (TPSA) is 46.5 Å². The van der Waals surface area contributed by atoms with E-state index < -0.39 is 5.79 Å². The van der Waals surface area contributed by atoms with Crippen LogP contribution in [0.1, 0.15) is 52.9 Å². The number of carbonyl (C=O) groups excluding carboxylic acids is 1. The molecule has 3 rings (SSSR count). The maximum atomic E-state index is 11.7. The lowest BCUT2D eigenvalue weighted by atomic mass is 9.54. The molecule has 0 aromatic rings. The average Bonchev–Trinajstić information content (AvgIpc) is 2.50. The number of fused-ring (bicyclic) bond motifs is 2. The molecule has 18 heavy (non-hydrogen) atoms. The minimum Gasteiger partial charge on any atom is -0.426 e. The van der Waals surface area contributed by atoms with Gasteiger partial charge in [-0.2, -0.15) is 0 Å². The minimum absolute atomic E-state index is 0.217. The van der Waals surface area contributed by atoms with Crippen LogP contribution in [0.2, 0.25) is 0 Å². The van der Waals surface area contributed by atoms with Gasteiger partial charge in [0.25, 0.3) is 0 Å². The van der Waals surface area contributed by atoms with Crippen molar-refractivity contribution in [3.63, 3.8) is 0 Å². The Bertz CT molecular complexity index is 439. The van der Waals surface area contributed by atoms with Gasteiger partial charge in [0.05, 0.1) is 0 Å². The molecule has 100 valence electrons. The van der Waals surface area contributed by atoms with Gasteiger partial charge in [-0.3, -0.25) is 0 Å². The van der Waals surface area contributed by atoms with Crippen LogP contribution in [0, 0.1) is 17.3 Å². The number of carbonyl (C=O) groups is 1. The molecule has 4 unspecified atom stereocenters. The summed E-state index contributed by atoms with van der Waals surface area (Å²) in [7, 11) is 0. The van der Waals surface area contributed by atoms with Gasteiger partial charge in [-0.15, -0.1) is 0 Å². The van der Waals surface area contributed by atoms with Gasteiger partial charge in [0.2, 0.25) is 5.79 Å². The molecular formula is C15H22O3. The molecular weight excluding hydrogens is 228 g/mol. The Balaban J connectivity index is 2.02. The largest absolute Gasteiger partial charge is 0.426 e. The first kappa shape index (κ1) is 12.2. The summed E-state index contributed by atoms with van der Waals surface area (Å²) in [5.41, 5.74) is 1.70. The van der Waals surface area contributed by atoms with Crippen LogP contribution >= 0.6 is 0 Å². The lowest BCUT2D eigenvalue weighted by Gasteiger charge is -2.53. The highest BCUT2D eigenvalue weighted by Gasteiger charge is 2.57. The lowest BCUT2D eigenvalue weighted by molar-refractivity contribution is -0.204. The van der Waals surface area contributed by atoms with Crippen LogP contribution in [0.4, 0.5) is 0 Å². The molecule has 0 aromatic heterocycles. The monoisotopic (exact) mass is 250 g/mol. The summed E-state index contributed by atoms with van der Waals surface area (Å²) in [6.45, 7) is 6.42. The van der Waals surface area contributed by atoms with Crippen molar-refractivity contribution in [2.45, 2.75) is 58.7 Å². The second kappa shape index (κ2) is 3.60. The Morgan fingerprint density at radius 2 is 2.11 bits per heavy atom. The van der Waals surface area contributed by atoms with E-state index in [0.717, 1.165) is 18.4 Å². The fraction of sp³-hybridized carbons (Fsp3) is 0.800. The molecule has 4 atom stereocenters. The van der Waals surface area contributed by atoms with Gasteiger partial charge in [-0.25, -0.2) is 4.79 Å². The summed E-state index contributed by atoms with van der Waals surface area (Å²) in [6, 6.07) is 0. The van der Waals surface area contributed by atoms with E-state index in [1.807, 2.05) is 0 Å². The molecule has 2 aliphatic carbocycles. The predicted molar refractivity (Wildman–Crippen MR) is 67.6 cm³/mol. The molecule has 0 amide bonds. The normalized spacial score (nSPS) is 47.7. The molecule has 2 fully saturated rings. The van der Waals surface area contributed by atoms with Gasteiger partial charge in [-0.05, 0) is 37.0 Å². The van der Waals surface area contributed by atoms with Crippen molar-refractivity contribution in [3.05, 3.63) is 11.1 Å². The van der Waals surface area contributed by atoms with E-state index in [2.05, 4.69) is 13.8 Å². The standard InChI is InChI=1S/C15H22O3/c1-9-5-4-6-11-7-15(17)12(8-14(9,11)3)10(2)13(16)18-15/h9,11,17H,4-8H2,1-3H3. The van der Waals surface area contributed by atoms with Crippen LogP contribution in [0.25, 0.3) is 0 Å². The second-order valence-electron chi connectivity index (χ2n) is 6.69. The van der Waals surface area contributed by atoms with Gasteiger partial charge >= 0.3 is 5.97 Å². The summed E-state index contributed by atoms with van der Waals surface area (Å²) in [5, 5.41) is 10.6. The van der Waals surface area contributed by atoms with Crippen LogP contribution in [-0.4, -0.2) is 16.9 Å². The zero-order valence-corrected chi connectivity index (χ0v) is 11.5. The summed E-state index contributed by atoms with van der Waals surface area (Å²) < 4.78 is 5.24. The zero-order chi connectivity index (χ0) is 13.1. The highest BCUT2D eigenvalue weighted by atomic mass is 16.7. The fourth-order valence-corrected chi connectivity index (χ4v) is 4.24. The number of ether oxygens (including phenoxy) is 1. The number of aliphatic hydroxyl groups is 1. The molecule has 0 aromatic carbocycles. The van der Waals surface area contributed by atoms with Crippen molar-refractivity contribution < 1.29 is 14.6 Å². The van der Waals surface area contributed by atoms with Crippen LogP contribution in [0.3, 0.4) is 0 Å². The highest BCUT2D eigenvalue weighted by molar-refractivity contribution is 5.92. The van der Waals surface area contributed by atoms with Crippen molar-refractivity contribution in [3.8, 4) is 0 Å². The van der Waals surface area contributed by atoms with Crippen molar-refractivity contribution in [2.24, 2.45) is 17.3 Å². The molecule has 3 heteroatoms. The predicted octanol–water partition coefficient (Wildman–Crippen LogP) is 2.78. The Labute approximate surface area is 108 Å². The summed E-state index contributed by atoms with van der Waals surface area (Å²) in [6.07, 6.45) is 5.03.